The highest BCUT2D eigenvalue weighted by Gasteiger charge is 2.13. The van der Waals surface area contributed by atoms with Crippen LogP contribution in [0.2, 0.25) is 5.02 Å². The number of aromatic nitrogens is 1. The van der Waals surface area contributed by atoms with E-state index in [4.69, 9.17) is 16.9 Å². The van der Waals surface area contributed by atoms with Crippen LogP contribution in [0.15, 0.2) is 42.6 Å². The number of halogens is 1. The van der Waals surface area contributed by atoms with Crippen LogP contribution < -0.4 is 4.72 Å². The van der Waals surface area contributed by atoms with E-state index in [1.165, 1.54) is 0 Å². The first kappa shape index (κ1) is 18.3. The van der Waals surface area contributed by atoms with Gasteiger partial charge in [0, 0.05) is 23.7 Å². The SMILES string of the molecule is CCCn1cc(-c2ccc(C#N)c(Cl)c2)c2ccc(NS(C)(=O)=O)cc21. The Hall–Kier alpha value is -2.49. The zero-order valence-electron chi connectivity index (χ0n) is 14.5. The van der Waals surface area contributed by atoms with E-state index >= 15 is 0 Å². The molecule has 0 radical (unpaired) electrons. The van der Waals surface area contributed by atoms with Gasteiger partial charge >= 0.3 is 0 Å². The molecule has 0 bridgehead atoms. The Kier molecular flexibility index (Phi) is 4.94. The Balaban J connectivity index is 2.18. The van der Waals surface area contributed by atoms with Crippen molar-refractivity contribution in [2.75, 3.05) is 11.0 Å². The molecule has 1 heterocycles. The molecule has 0 saturated carbocycles. The van der Waals surface area contributed by atoms with Crippen LogP contribution in [0.25, 0.3) is 22.0 Å². The van der Waals surface area contributed by atoms with E-state index in [0.717, 1.165) is 41.3 Å². The molecule has 0 aliphatic heterocycles. The minimum atomic E-state index is -3.34. The fraction of sp³-hybridized carbons (Fsp3) is 0.211. The predicted octanol–water partition coefficient (Wildman–Crippen LogP) is 4.61. The van der Waals surface area contributed by atoms with Crippen LogP contribution in [0, 0.1) is 11.3 Å². The van der Waals surface area contributed by atoms with Gasteiger partial charge in [-0.05, 0) is 36.2 Å². The summed E-state index contributed by atoms with van der Waals surface area (Å²) in [4.78, 5) is 0. The zero-order chi connectivity index (χ0) is 18.9. The van der Waals surface area contributed by atoms with Gasteiger partial charge in [0.25, 0.3) is 0 Å². The third kappa shape index (κ3) is 3.69. The summed E-state index contributed by atoms with van der Waals surface area (Å²) in [5.74, 6) is 0. The number of fused-ring (bicyclic) bond motifs is 1. The van der Waals surface area contributed by atoms with E-state index in [1.807, 2.05) is 24.4 Å². The molecule has 1 aromatic heterocycles. The molecule has 7 heteroatoms. The van der Waals surface area contributed by atoms with Gasteiger partial charge < -0.3 is 4.57 Å². The molecule has 0 amide bonds. The Morgan fingerprint density at radius 1 is 1.23 bits per heavy atom. The normalized spacial score (nSPS) is 11.5. The summed E-state index contributed by atoms with van der Waals surface area (Å²) < 4.78 is 27.6. The number of benzene rings is 2. The average molecular weight is 388 g/mol. The lowest BCUT2D eigenvalue weighted by Gasteiger charge is -2.07. The number of hydrogen-bond acceptors (Lipinski definition) is 3. The number of aryl methyl sites for hydroxylation is 1. The first-order valence-corrected chi connectivity index (χ1v) is 10.4. The van der Waals surface area contributed by atoms with Gasteiger partial charge in [-0.3, -0.25) is 4.72 Å². The van der Waals surface area contributed by atoms with Crippen LogP contribution in [0.5, 0.6) is 0 Å². The molecule has 0 unspecified atom stereocenters. The molecule has 1 N–H and O–H groups in total. The quantitative estimate of drug-likeness (QED) is 0.694. The molecular weight excluding hydrogens is 370 g/mol. The molecule has 5 nitrogen and oxygen atoms in total. The van der Waals surface area contributed by atoms with E-state index in [9.17, 15) is 8.42 Å². The number of anilines is 1. The van der Waals surface area contributed by atoms with Gasteiger partial charge in [0.2, 0.25) is 10.0 Å². The molecule has 0 atom stereocenters. The van der Waals surface area contributed by atoms with Gasteiger partial charge in [0.05, 0.1) is 28.0 Å². The molecule has 0 aliphatic rings. The summed E-state index contributed by atoms with van der Waals surface area (Å²) in [6.45, 7) is 2.89. The Morgan fingerprint density at radius 3 is 2.62 bits per heavy atom. The van der Waals surface area contributed by atoms with Crippen molar-refractivity contribution in [3.63, 3.8) is 0 Å². The maximum Gasteiger partial charge on any atom is 0.229 e. The molecule has 0 fully saturated rings. The van der Waals surface area contributed by atoms with Gasteiger partial charge in [-0.2, -0.15) is 5.26 Å². The fourth-order valence-corrected chi connectivity index (χ4v) is 3.78. The average Bonchev–Trinajstić information content (AvgIpc) is 2.92. The van der Waals surface area contributed by atoms with Crippen LogP contribution in [-0.4, -0.2) is 19.2 Å². The first-order valence-electron chi connectivity index (χ1n) is 8.13. The van der Waals surface area contributed by atoms with E-state index < -0.39 is 10.0 Å². The number of hydrogen-bond donors (Lipinski definition) is 1. The molecule has 3 aromatic rings. The summed E-state index contributed by atoms with van der Waals surface area (Å²) in [6, 6.07) is 12.9. The molecule has 0 saturated heterocycles. The van der Waals surface area contributed by atoms with Crippen molar-refractivity contribution < 1.29 is 8.42 Å². The molecule has 3 rings (SSSR count). The molecule has 0 aliphatic carbocycles. The van der Waals surface area contributed by atoms with Crippen LogP contribution in [0.4, 0.5) is 5.69 Å². The van der Waals surface area contributed by atoms with Gasteiger partial charge in [0.1, 0.15) is 6.07 Å². The monoisotopic (exact) mass is 387 g/mol. The lowest BCUT2D eigenvalue weighted by molar-refractivity contribution is 0.607. The third-order valence-corrected chi connectivity index (χ3v) is 4.97. The second kappa shape index (κ2) is 7.02. The van der Waals surface area contributed by atoms with Gasteiger partial charge in [-0.25, -0.2) is 8.42 Å². The zero-order valence-corrected chi connectivity index (χ0v) is 16.0. The van der Waals surface area contributed by atoms with Crippen molar-refractivity contribution in [3.05, 3.63) is 53.2 Å². The number of nitriles is 1. The maximum atomic E-state index is 11.5. The molecule has 26 heavy (non-hydrogen) atoms. The maximum absolute atomic E-state index is 11.5. The highest BCUT2D eigenvalue weighted by Crippen LogP contribution is 2.34. The highest BCUT2D eigenvalue weighted by atomic mass is 35.5. The Labute approximate surface area is 157 Å². The number of nitrogens with zero attached hydrogens (tertiary/aromatic N) is 2. The largest absolute Gasteiger partial charge is 0.347 e. The van der Waals surface area contributed by atoms with E-state index in [-0.39, 0.29) is 0 Å². The second-order valence-electron chi connectivity index (χ2n) is 6.15. The second-order valence-corrected chi connectivity index (χ2v) is 8.30. The summed E-state index contributed by atoms with van der Waals surface area (Å²) in [7, 11) is -3.34. The van der Waals surface area contributed by atoms with Crippen molar-refractivity contribution >= 4 is 38.2 Å². The lowest BCUT2D eigenvalue weighted by atomic mass is 10.0. The Bertz CT molecular complexity index is 1130. The number of sulfonamides is 1. The van der Waals surface area contributed by atoms with Crippen molar-refractivity contribution in [3.8, 4) is 17.2 Å². The predicted molar refractivity (Wildman–Crippen MR) is 106 cm³/mol. The van der Waals surface area contributed by atoms with Crippen LogP contribution in [0.3, 0.4) is 0 Å². The third-order valence-electron chi connectivity index (χ3n) is 4.05. The standard InChI is InChI=1S/C19H18ClN3O2S/c1-3-8-23-12-17(13-4-5-14(11-21)18(20)9-13)16-7-6-15(10-19(16)23)22-26(2,24)25/h4-7,9-10,12,22H,3,8H2,1-2H3. The summed E-state index contributed by atoms with van der Waals surface area (Å²) in [5, 5.41) is 10.5. The molecular formula is C19H18ClN3O2S. The minimum Gasteiger partial charge on any atom is -0.347 e. The molecule has 2 aromatic carbocycles. The minimum absolute atomic E-state index is 0.414. The molecule has 0 spiro atoms. The van der Waals surface area contributed by atoms with Gasteiger partial charge in [0.15, 0.2) is 0 Å². The van der Waals surface area contributed by atoms with Crippen molar-refractivity contribution in [2.45, 2.75) is 19.9 Å². The molecule has 134 valence electrons. The number of nitrogens with one attached hydrogen (secondary N) is 1. The highest BCUT2D eigenvalue weighted by molar-refractivity contribution is 7.92. The van der Waals surface area contributed by atoms with Crippen molar-refractivity contribution in [1.29, 1.82) is 5.26 Å². The topological polar surface area (TPSA) is 74.9 Å². The van der Waals surface area contributed by atoms with Crippen LogP contribution in [-0.2, 0) is 16.6 Å². The summed E-state index contributed by atoms with van der Waals surface area (Å²) >= 11 is 6.19. The van der Waals surface area contributed by atoms with Crippen LogP contribution in [0.1, 0.15) is 18.9 Å². The Morgan fingerprint density at radius 2 is 2.00 bits per heavy atom. The van der Waals surface area contributed by atoms with Crippen LogP contribution >= 0.6 is 11.6 Å². The van der Waals surface area contributed by atoms with Gasteiger partial charge in [-0.15, -0.1) is 0 Å². The van der Waals surface area contributed by atoms with E-state index in [1.54, 1.807) is 18.2 Å². The lowest BCUT2D eigenvalue weighted by Crippen LogP contribution is -2.09. The first-order chi connectivity index (χ1) is 12.3. The summed E-state index contributed by atoms with van der Waals surface area (Å²) in [5.41, 5.74) is 3.81. The van der Waals surface area contributed by atoms with E-state index in [0.29, 0.717) is 16.3 Å². The fourth-order valence-electron chi connectivity index (χ4n) is 3.00. The van der Waals surface area contributed by atoms with E-state index in [2.05, 4.69) is 22.3 Å². The van der Waals surface area contributed by atoms with Crippen molar-refractivity contribution in [2.24, 2.45) is 0 Å². The van der Waals surface area contributed by atoms with Crippen molar-refractivity contribution in [1.82, 2.24) is 4.57 Å². The van der Waals surface area contributed by atoms with Gasteiger partial charge in [-0.1, -0.05) is 30.7 Å². The summed E-state index contributed by atoms with van der Waals surface area (Å²) in [6.07, 6.45) is 4.11. The number of rotatable bonds is 5. The smallest absolute Gasteiger partial charge is 0.229 e.